The molecule has 15 heavy (non-hydrogen) atoms. The average Bonchev–Trinajstić information content (AvgIpc) is 2.42. The Morgan fingerprint density at radius 3 is 2.80 bits per heavy atom. The molecule has 0 saturated carbocycles. The van der Waals surface area contributed by atoms with Crippen LogP contribution in [0.25, 0.3) is 0 Å². The molecule has 1 unspecified atom stereocenters. The first kappa shape index (κ1) is 10.4. The molecular weight excluding hydrogens is 190 g/mol. The Labute approximate surface area is 90.1 Å². The van der Waals surface area contributed by atoms with Gasteiger partial charge in [0.05, 0.1) is 5.41 Å². The Morgan fingerprint density at radius 1 is 1.27 bits per heavy atom. The largest absolute Gasteiger partial charge is 0.285 e. The van der Waals surface area contributed by atoms with E-state index in [0.717, 1.165) is 38.5 Å². The maximum atomic E-state index is 12.2. The minimum absolute atomic E-state index is 0.0550. The Bertz CT molecular complexity index is 298. The van der Waals surface area contributed by atoms with Crippen LogP contribution in [0.4, 0.5) is 0 Å². The third kappa shape index (κ3) is 1.83. The van der Waals surface area contributed by atoms with Gasteiger partial charge in [0.2, 0.25) is 12.3 Å². The smallest absolute Gasteiger partial charge is 0.235 e. The van der Waals surface area contributed by atoms with Crippen molar-refractivity contribution >= 4 is 12.3 Å². The van der Waals surface area contributed by atoms with Crippen molar-refractivity contribution in [3.8, 4) is 0 Å². The van der Waals surface area contributed by atoms with Crippen LogP contribution >= 0.6 is 0 Å². The molecule has 1 fully saturated rings. The average molecular weight is 207 g/mol. The Balaban J connectivity index is 2.24. The fourth-order valence-electron chi connectivity index (χ4n) is 2.67. The fraction of sp³-hybridized carbons (Fsp3) is 0.667. The second kappa shape index (κ2) is 4.17. The maximum Gasteiger partial charge on any atom is 0.235 e. The topological polar surface area (TPSA) is 37.4 Å². The molecule has 1 atom stereocenters. The van der Waals surface area contributed by atoms with Gasteiger partial charge in [-0.1, -0.05) is 18.6 Å². The minimum atomic E-state index is -0.258. The number of rotatable bonds is 1. The zero-order valence-corrected chi connectivity index (χ0v) is 8.95. The van der Waals surface area contributed by atoms with Crippen molar-refractivity contribution in [1.29, 1.82) is 0 Å². The molecular formula is C12H17NO2. The third-order valence-electron chi connectivity index (χ3n) is 3.61. The molecule has 1 aliphatic carbocycles. The second-order valence-electron chi connectivity index (χ2n) is 4.56. The van der Waals surface area contributed by atoms with E-state index in [0.29, 0.717) is 13.0 Å². The van der Waals surface area contributed by atoms with Gasteiger partial charge in [-0.2, -0.15) is 0 Å². The molecule has 0 aromatic carbocycles. The van der Waals surface area contributed by atoms with E-state index in [1.807, 2.05) is 0 Å². The molecule has 0 bridgehead atoms. The molecule has 0 aromatic heterocycles. The summed E-state index contributed by atoms with van der Waals surface area (Å²) in [6, 6.07) is 0. The molecule has 82 valence electrons. The number of allylic oxidation sites excluding steroid dienone is 2. The predicted molar refractivity (Wildman–Crippen MR) is 57.1 cm³/mol. The molecule has 1 aliphatic heterocycles. The van der Waals surface area contributed by atoms with Crippen LogP contribution in [0.2, 0.25) is 0 Å². The van der Waals surface area contributed by atoms with Gasteiger partial charge in [0.1, 0.15) is 0 Å². The lowest BCUT2D eigenvalue weighted by Crippen LogP contribution is -2.42. The third-order valence-corrected chi connectivity index (χ3v) is 3.61. The Morgan fingerprint density at radius 2 is 2.13 bits per heavy atom. The standard InChI is InChI=1S/C12H17NO2/c14-10-13-9-5-4-8-12(11(13)15)6-2-1-3-7-12/h1-2,10H,3-9H2. The van der Waals surface area contributed by atoms with Gasteiger partial charge in [-0.25, -0.2) is 0 Å². The summed E-state index contributed by atoms with van der Waals surface area (Å²) in [5, 5.41) is 0. The van der Waals surface area contributed by atoms with Crippen molar-refractivity contribution in [2.24, 2.45) is 5.41 Å². The lowest BCUT2D eigenvalue weighted by atomic mass is 9.73. The van der Waals surface area contributed by atoms with Gasteiger partial charge < -0.3 is 0 Å². The van der Waals surface area contributed by atoms with Crippen LogP contribution in [0.15, 0.2) is 12.2 Å². The van der Waals surface area contributed by atoms with Gasteiger partial charge in [-0.3, -0.25) is 14.5 Å². The van der Waals surface area contributed by atoms with Crippen LogP contribution < -0.4 is 0 Å². The van der Waals surface area contributed by atoms with E-state index in [9.17, 15) is 9.59 Å². The Hall–Kier alpha value is -1.12. The molecule has 2 rings (SSSR count). The summed E-state index contributed by atoms with van der Waals surface area (Å²) < 4.78 is 0. The molecule has 3 nitrogen and oxygen atoms in total. The van der Waals surface area contributed by atoms with E-state index in [2.05, 4.69) is 12.2 Å². The zero-order chi connectivity index (χ0) is 10.7. The van der Waals surface area contributed by atoms with E-state index in [1.165, 1.54) is 4.90 Å². The summed E-state index contributed by atoms with van der Waals surface area (Å²) in [4.78, 5) is 24.4. The van der Waals surface area contributed by atoms with Crippen LogP contribution in [0.3, 0.4) is 0 Å². The van der Waals surface area contributed by atoms with Crippen molar-refractivity contribution in [2.75, 3.05) is 6.54 Å². The number of nitrogens with zero attached hydrogens (tertiary/aromatic N) is 1. The number of imide groups is 1. The predicted octanol–water partition coefficient (Wildman–Crippen LogP) is 1.88. The number of amides is 2. The normalized spacial score (nSPS) is 31.7. The number of hydrogen-bond donors (Lipinski definition) is 0. The van der Waals surface area contributed by atoms with E-state index in [4.69, 9.17) is 0 Å². The number of hydrogen-bond acceptors (Lipinski definition) is 2. The first-order valence-corrected chi connectivity index (χ1v) is 5.70. The van der Waals surface area contributed by atoms with Crippen molar-refractivity contribution < 1.29 is 9.59 Å². The SMILES string of the molecule is O=CN1CCCCC2(CC=CCC2)C1=O. The van der Waals surface area contributed by atoms with Crippen LogP contribution in [-0.4, -0.2) is 23.8 Å². The fourth-order valence-corrected chi connectivity index (χ4v) is 2.67. The molecule has 2 aliphatic rings. The monoisotopic (exact) mass is 207 g/mol. The highest BCUT2D eigenvalue weighted by Gasteiger charge is 2.41. The molecule has 0 radical (unpaired) electrons. The number of carbonyl (C=O) groups excluding carboxylic acids is 2. The highest BCUT2D eigenvalue weighted by Crippen LogP contribution is 2.40. The summed E-state index contributed by atoms with van der Waals surface area (Å²) in [6.45, 7) is 0.605. The summed E-state index contributed by atoms with van der Waals surface area (Å²) >= 11 is 0. The lowest BCUT2D eigenvalue weighted by molar-refractivity contribution is -0.146. The first-order valence-electron chi connectivity index (χ1n) is 5.70. The van der Waals surface area contributed by atoms with E-state index < -0.39 is 0 Å². The Kier molecular flexibility index (Phi) is 2.89. The summed E-state index contributed by atoms with van der Waals surface area (Å²) in [7, 11) is 0. The molecule has 1 saturated heterocycles. The highest BCUT2D eigenvalue weighted by atomic mass is 16.2. The van der Waals surface area contributed by atoms with Gasteiger partial charge >= 0.3 is 0 Å². The molecule has 0 aromatic rings. The number of carbonyl (C=O) groups is 2. The summed E-state index contributed by atoms with van der Waals surface area (Å²) in [5.41, 5.74) is -0.258. The van der Waals surface area contributed by atoms with E-state index in [-0.39, 0.29) is 11.3 Å². The van der Waals surface area contributed by atoms with Gasteiger partial charge in [0.25, 0.3) is 0 Å². The molecule has 1 spiro atoms. The number of likely N-dealkylation sites (tertiary alicyclic amines) is 1. The molecule has 3 heteroatoms. The molecule has 0 N–H and O–H groups in total. The highest BCUT2D eigenvalue weighted by molar-refractivity contribution is 5.91. The van der Waals surface area contributed by atoms with Crippen LogP contribution in [0.1, 0.15) is 38.5 Å². The van der Waals surface area contributed by atoms with Crippen molar-refractivity contribution in [2.45, 2.75) is 38.5 Å². The minimum Gasteiger partial charge on any atom is -0.285 e. The lowest BCUT2D eigenvalue weighted by Gasteiger charge is -2.33. The second-order valence-corrected chi connectivity index (χ2v) is 4.56. The summed E-state index contributed by atoms with van der Waals surface area (Å²) in [5.74, 6) is 0.0550. The van der Waals surface area contributed by atoms with Gasteiger partial charge in [-0.05, 0) is 32.1 Å². The van der Waals surface area contributed by atoms with E-state index in [1.54, 1.807) is 0 Å². The van der Waals surface area contributed by atoms with Crippen molar-refractivity contribution in [3.05, 3.63) is 12.2 Å². The van der Waals surface area contributed by atoms with Crippen LogP contribution in [-0.2, 0) is 9.59 Å². The van der Waals surface area contributed by atoms with Gasteiger partial charge in [-0.15, -0.1) is 0 Å². The van der Waals surface area contributed by atoms with Gasteiger partial charge in [0, 0.05) is 6.54 Å². The van der Waals surface area contributed by atoms with Crippen LogP contribution in [0, 0.1) is 5.41 Å². The van der Waals surface area contributed by atoms with Gasteiger partial charge in [0.15, 0.2) is 0 Å². The molecule has 1 heterocycles. The first-order chi connectivity index (χ1) is 7.28. The summed E-state index contributed by atoms with van der Waals surface area (Å²) in [6.07, 6.45) is 10.6. The zero-order valence-electron chi connectivity index (χ0n) is 8.95. The van der Waals surface area contributed by atoms with E-state index >= 15 is 0 Å². The molecule has 2 amide bonds. The quantitative estimate of drug-likeness (QED) is 0.486. The van der Waals surface area contributed by atoms with Crippen molar-refractivity contribution in [3.63, 3.8) is 0 Å². The van der Waals surface area contributed by atoms with Crippen molar-refractivity contribution in [1.82, 2.24) is 4.90 Å². The van der Waals surface area contributed by atoms with Crippen LogP contribution in [0.5, 0.6) is 0 Å². The maximum absolute atomic E-state index is 12.2.